The molecule has 2 amide bonds. The summed E-state index contributed by atoms with van der Waals surface area (Å²) in [4.78, 5) is 38.0. The van der Waals surface area contributed by atoms with E-state index < -0.39 is 18.0 Å². The number of carboxylic acid groups (broad SMARTS) is 1. The van der Waals surface area contributed by atoms with E-state index in [-0.39, 0.29) is 15.9 Å². The Labute approximate surface area is 178 Å². The molecule has 156 valence electrons. The highest BCUT2D eigenvalue weighted by atomic mass is 32.2. The van der Waals surface area contributed by atoms with Crippen molar-refractivity contribution in [2.45, 2.75) is 26.4 Å². The van der Waals surface area contributed by atoms with Crippen molar-refractivity contribution in [3.8, 4) is 11.5 Å². The quantitative estimate of drug-likeness (QED) is 0.651. The Morgan fingerprint density at radius 3 is 2.57 bits per heavy atom. The molecule has 1 saturated heterocycles. The molecule has 7 nitrogen and oxygen atoms in total. The number of ether oxygens (including phenoxy) is 2. The third-order valence-electron chi connectivity index (χ3n) is 4.55. The zero-order chi connectivity index (χ0) is 21.8. The van der Waals surface area contributed by atoms with Crippen molar-refractivity contribution in [2.24, 2.45) is 0 Å². The number of hydrogen-bond donors (Lipinski definition) is 1. The number of carboxylic acids is 1. The van der Waals surface area contributed by atoms with Crippen LogP contribution in [-0.2, 0) is 9.59 Å². The number of aliphatic carboxylic acids is 1. The molecule has 1 unspecified atom stereocenters. The van der Waals surface area contributed by atoms with Gasteiger partial charge in [0.15, 0.2) is 17.6 Å². The predicted molar refractivity (Wildman–Crippen MR) is 115 cm³/mol. The first-order chi connectivity index (χ1) is 14.3. The highest BCUT2D eigenvalue weighted by molar-refractivity contribution is 8.19. The van der Waals surface area contributed by atoms with E-state index in [1.165, 1.54) is 12.0 Å². The summed E-state index contributed by atoms with van der Waals surface area (Å²) in [6.45, 7) is 3.55. The number of para-hydroxylation sites is 1. The second-order valence-corrected chi connectivity index (χ2v) is 7.56. The van der Waals surface area contributed by atoms with Crippen molar-refractivity contribution in [1.29, 1.82) is 0 Å². The van der Waals surface area contributed by atoms with Crippen LogP contribution >= 0.6 is 11.8 Å². The molecule has 30 heavy (non-hydrogen) atoms. The molecule has 1 aliphatic heterocycles. The van der Waals surface area contributed by atoms with Crippen LogP contribution in [-0.4, -0.2) is 35.4 Å². The van der Waals surface area contributed by atoms with Gasteiger partial charge in [-0.3, -0.25) is 9.59 Å². The van der Waals surface area contributed by atoms with Gasteiger partial charge >= 0.3 is 5.97 Å². The van der Waals surface area contributed by atoms with E-state index in [1.807, 2.05) is 19.1 Å². The number of amides is 2. The molecule has 2 aromatic carbocycles. The summed E-state index contributed by atoms with van der Waals surface area (Å²) in [6.07, 6.45) is 0.909. The Morgan fingerprint density at radius 2 is 1.93 bits per heavy atom. The largest absolute Gasteiger partial charge is 0.493 e. The van der Waals surface area contributed by atoms with Crippen molar-refractivity contribution in [3.63, 3.8) is 0 Å². The van der Waals surface area contributed by atoms with Crippen molar-refractivity contribution in [1.82, 2.24) is 0 Å². The molecule has 1 atom stereocenters. The number of carbonyl (C=O) groups excluding carboxylic acids is 2. The number of anilines is 1. The minimum Gasteiger partial charge on any atom is -0.493 e. The lowest BCUT2D eigenvalue weighted by molar-refractivity contribution is -0.145. The summed E-state index contributed by atoms with van der Waals surface area (Å²) in [5, 5.41) is 8.82. The molecule has 8 heteroatoms. The molecule has 3 rings (SSSR count). The Hall–Kier alpha value is -3.26. The Morgan fingerprint density at radius 1 is 1.20 bits per heavy atom. The molecule has 0 saturated carbocycles. The number of thioether (sulfide) groups is 1. The van der Waals surface area contributed by atoms with E-state index in [4.69, 9.17) is 9.47 Å². The zero-order valence-corrected chi connectivity index (χ0v) is 17.6. The van der Waals surface area contributed by atoms with Gasteiger partial charge in [0.1, 0.15) is 0 Å². The van der Waals surface area contributed by atoms with Crippen molar-refractivity contribution in [2.75, 3.05) is 12.0 Å². The van der Waals surface area contributed by atoms with Crippen LogP contribution in [0.2, 0.25) is 0 Å². The van der Waals surface area contributed by atoms with Crippen LogP contribution in [0.3, 0.4) is 0 Å². The molecule has 1 fully saturated rings. The summed E-state index contributed by atoms with van der Waals surface area (Å²) < 4.78 is 10.8. The van der Waals surface area contributed by atoms with Crippen molar-refractivity contribution in [3.05, 3.63) is 58.5 Å². The number of nitrogens with zero attached hydrogens (tertiary/aromatic N) is 1. The maximum absolute atomic E-state index is 12.8. The molecule has 1 N–H and O–H groups in total. The average Bonchev–Trinajstić information content (AvgIpc) is 3.00. The van der Waals surface area contributed by atoms with E-state index >= 15 is 0 Å². The fourth-order valence-electron chi connectivity index (χ4n) is 2.97. The monoisotopic (exact) mass is 427 g/mol. The maximum Gasteiger partial charge on any atom is 0.344 e. The molecular formula is C22H21NO6S. The summed E-state index contributed by atoms with van der Waals surface area (Å²) in [7, 11) is 1.44. The minimum atomic E-state index is -1.06. The number of methoxy groups -OCH3 is 1. The van der Waals surface area contributed by atoms with Crippen LogP contribution in [0, 0.1) is 6.92 Å². The van der Waals surface area contributed by atoms with Crippen molar-refractivity contribution < 1.29 is 29.0 Å². The van der Waals surface area contributed by atoms with Crippen LogP contribution < -0.4 is 14.4 Å². The minimum absolute atomic E-state index is 0.288. The lowest BCUT2D eigenvalue weighted by Gasteiger charge is -2.16. The standard InChI is InChI=1S/C22H21NO6S/c1-4-16(21(25)26)29-17-10-9-14(11-18(17)28-3)12-19-20(24)23(22(27)30-19)15-8-6-5-7-13(15)2/h5-12,16H,4H2,1-3H3,(H,25,26)/b19-12+. The number of imide groups is 1. The number of benzene rings is 2. The van der Waals surface area contributed by atoms with E-state index in [2.05, 4.69) is 0 Å². The van der Waals surface area contributed by atoms with E-state index in [0.29, 0.717) is 23.4 Å². The molecule has 0 radical (unpaired) electrons. The lowest BCUT2D eigenvalue weighted by Crippen LogP contribution is -2.28. The first kappa shape index (κ1) is 21.4. The second-order valence-electron chi connectivity index (χ2n) is 6.57. The van der Waals surface area contributed by atoms with Gasteiger partial charge in [0.05, 0.1) is 17.7 Å². The van der Waals surface area contributed by atoms with Gasteiger partial charge in [-0.2, -0.15) is 0 Å². The van der Waals surface area contributed by atoms with Crippen LogP contribution in [0.15, 0.2) is 47.4 Å². The fraction of sp³-hybridized carbons (Fsp3) is 0.227. The highest BCUT2D eigenvalue weighted by Gasteiger charge is 2.36. The van der Waals surface area contributed by atoms with Gasteiger partial charge < -0.3 is 14.6 Å². The van der Waals surface area contributed by atoms with Gasteiger partial charge in [0, 0.05) is 0 Å². The molecule has 0 aromatic heterocycles. The van der Waals surface area contributed by atoms with E-state index in [1.54, 1.807) is 43.3 Å². The average molecular weight is 427 g/mol. The smallest absolute Gasteiger partial charge is 0.344 e. The highest BCUT2D eigenvalue weighted by Crippen LogP contribution is 2.38. The van der Waals surface area contributed by atoms with Gasteiger partial charge in [-0.25, -0.2) is 9.69 Å². The summed E-state index contributed by atoms with van der Waals surface area (Å²) >= 11 is 0.865. The normalized spacial score (nSPS) is 16.1. The summed E-state index contributed by atoms with van der Waals surface area (Å²) in [5.41, 5.74) is 2.01. The lowest BCUT2D eigenvalue weighted by atomic mass is 10.1. The third kappa shape index (κ3) is 4.33. The Balaban J connectivity index is 1.88. The van der Waals surface area contributed by atoms with Crippen molar-refractivity contribution >= 4 is 40.6 Å². The van der Waals surface area contributed by atoms with Gasteiger partial charge in [0.25, 0.3) is 11.1 Å². The SMILES string of the molecule is CCC(Oc1ccc(/C=C2/SC(=O)N(c3ccccc3C)C2=O)cc1OC)C(=O)O. The molecule has 1 heterocycles. The Kier molecular flexibility index (Phi) is 6.47. The first-order valence-electron chi connectivity index (χ1n) is 9.26. The summed E-state index contributed by atoms with van der Waals surface area (Å²) in [6, 6.07) is 12.1. The van der Waals surface area contributed by atoms with E-state index in [0.717, 1.165) is 17.3 Å². The van der Waals surface area contributed by atoms with Crippen LogP contribution in [0.4, 0.5) is 10.5 Å². The fourth-order valence-corrected chi connectivity index (χ4v) is 3.81. The van der Waals surface area contributed by atoms with Gasteiger partial charge in [-0.15, -0.1) is 0 Å². The molecule has 2 aromatic rings. The molecule has 0 aliphatic carbocycles. The maximum atomic E-state index is 12.8. The van der Waals surface area contributed by atoms with Gasteiger partial charge in [0.2, 0.25) is 0 Å². The topological polar surface area (TPSA) is 93.1 Å². The van der Waals surface area contributed by atoms with Gasteiger partial charge in [-0.1, -0.05) is 31.2 Å². The first-order valence-corrected chi connectivity index (χ1v) is 10.1. The second kappa shape index (κ2) is 9.04. The predicted octanol–water partition coefficient (Wildman–Crippen LogP) is 4.49. The van der Waals surface area contributed by atoms with E-state index in [9.17, 15) is 19.5 Å². The molecular weight excluding hydrogens is 406 g/mol. The molecule has 0 bridgehead atoms. The number of carbonyl (C=O) groups is 3. The van der Waals surface area contributed by atoms with Crippen LogP contribution in [0.1, 0.15) is 24.5 Å². The summed E-state index contributed by atoms with van der Waals surface area (Å²) in [5.74, 6) is -0.831. The number of hydrogen-bond acceptors (Lipinski definition) is 6. The Bertz CT molecular complexity index is 1030. The third-order valence-corrected chi connectivity index (χ3v) is 5.42. The van der Waals surface area contributed by atoms with Crippen LogP contribution in [0.25, 0.3) is 6.08 Å². The number of aryl methyl sites for hydroxylation is 1. The van der Waals surface area contributed by atoms with Crippen LogP contribution in [0.5, 0.6) is 11.5 Å². The molecule has 0 spiro atoms. The van der Waals surface area contributed by atoms with Gasteiger partial charge in [-0.05, 0) is 60.5 Å². The number of rotatable bonds is 7. The zero-order valence-electron chi connectivity index (χ0n) is 16.7. The molecule has 1 aliphatic rings.